The van der Waals surface area contributed by atoms with Crippen molar-refractivity contribution < 1.29 is 9.90 Å². The number of allylic oxidation sites excluding steroid dienone is 1. The van der Waals surface area contributed by atoms with Gasteiger partial charge in [-0.2, -0.15) is 0 Å². The highest BCUT2D eigenvalue weighted by Crippen LogP contribution is 2.06. The zero-order valence-corrected chi connectivity index (χ0v) is 5.74. The highest BCUT2D eigenvalue weighted by Gasteiger charge is 2.31. The van der Waals surface area contributed by atoms with Gasteiger partial charge < -0.3 is 16.2 Å². The van der Waals surface area contributed by atoms with Crippen LogP contribution in [0, 0.1) is 0 Å². The molecule has 0 amide bonds. The topological polar surface area (TPSA) is 101 Å². The summed E-state index contributed by atoms with van der Waals surface area (Å²) in [7, 11) is 0. The zero-order valence-electron chi connectivity index (χ0n) is 5.74. The van der Waals surface area contributed by atoms with Crippen LogP contribution in [0.5, 0.6) is 0 Å². The second-order valence-electron chi connectivity index (χ2n) is 2.30. The van der Waals surface area contributed by atoms with Crippen molar-refractivity contribution in [1.29, 1.82) is 0 Å². The fourth-order valence-corrected chi connectivity index (χ4v) is 0.752. The maximum atomic E-state index is 10.5. The summed E-state index contributed by atoms with van der Waals surface area (Å²) in [5.74, 6) is -1.16. The van der Waals surface area contributed by atoms with Gasteiger partial charge in [0.2, 0.25) is 5.66 Å². The first-order chi connectivity index (χ1) is 5.04. The minimum Gasteiger partial charge on any atom is -0.478 e. The predicted octanol–water partition coefficient (Wildman–Crippen LogP) is -1.31. The molecular weight excluding hydrogens is 146 g/mol. The molecule has 0 saturated carbocycles. The Labute approximate surface area is 63.4 Å². The fraction of sp³-hybridized carbons (Fsp3) is 0.167. The van der Waals surface area contributed by atoms with Gasteiger partial charge in [0.25, 0.3) is 0 Å². The molecule has 0 aromatic rings. The van der Waals surface area contributed by atoms with Crippen LogP contribution in [0.1, 0.15) is 0 Å². The maximum absolute atomic E-state index is 10.5. The summed E-state index contributed by atoms with van der Waals surface area (Å²) < 4.78 is 0. The molecule has 0 radical (unpaired) electrons. The van der Waals surface area contributed by atoms with Crippen LogP contribution in [0.2, 0.25) is 0 Å². The first kappa shape index (κ1) is 7.62. The van der Waals surface area contributed by atoms with Crippen LogP contribution in [-0.4, -0.2) is 16.7 Å². The number of hydrogen-bond donors (Lipinski definition) is 4. The van der Waals surface area contributed by atoms with E-state index in [0.29, 0.717) is 5.70 Å². The number of nitrogens with two attached hydrogens (primary N) is 2. The molecule has 5 heteroatoms. The second kappa shape index (κ2) is 2.28. The molecule has 0 fully saturated rings. The van der Waals surface area contributed by atoms with E-state index in [2.05, 4.69) is 5.32 Å². The summed E-state index contributed by atoms with van der Waals surface area (Å²) in [4.78, 5) is 10.5. The molecule has 0 saturated heterocycles. The summed E-state index contributed by atoms with van der Waals surface area (Å²) in [6, 6.07) is 0. The summed E-state index contributed by atoms with van der Waals surface area (Å²) in [5, 5.41) is 11.1. The quantitative estimate of drug-likeness (QED) is 0.376. The minimum atomic E-state index is -1.56. The van der Waals surface area contributed by atoms with Crippen LogP contribution in [0.15, 0.2) is 24.0 Å². The highest BCUT2D eigenvalue weighted by molar-refractivity contribution is 5.81. The third kappa shape index (κ3) is 1.32. The van der Waals surface area contributed by atoms with Gasteiger partial charge in [-0.15, -0.1) is 0 Å². The summed E-state index contributed by atoms with van der Waals surface area (Å²) in [6.45, 7) is 0. The Bertz CT molecular complexity index is 246. The molecular formula is C6H9N3O2. The predicted molar refractivity (Wildman–Crippen MR) is 39.1 cm³/mol. The van der Waals surface area contributed by atoms with Crippen molar-refractivity contribution in [2.24, 2.45) is 11.5 Å². The van der Waals surface area contributed by atoms with Crippen LogP contribution in [0.25, 0.3) is 0 Å². The number of carboxylic acids is 1. The molecule has 1 aliphatic rings. The van der Waals surface area contributed by atoms with E-state index in [1.54, 1.807) is 0 Å². The standard InChI is InChI=1S/C6H9N3O2/c7-4-1-2-9-6(8,3-4)5(10)11/h1-3,9H,7-8H2,(H,10,11). The Kier molecular flexibility index (Phi) is 1.58. The Hall–Kier alpha value is -1.49. The first-order valence-corrected chi connectivity index (χ1v) is 2.99. The lowest BCUT2D eigenvalue weighted by molar-refractivity contribution is -0.142. The first-order valence-electron chi connectivity index (χ1n) is 2.99. The smallest absolute Gasteiger partial charge is 0.348 e. The number of carboxylic acid groups (broad SMARTS) is 1. The largest absolute Gasteiger partial charge is 0.478 e. The SMILES string of the molecule is NC1=CC(N)(C(=O)O)NC=C1. The van der Waals surface area contributed by atoms with Gasteiger partial charge in [0.1, 0.15) is 0 Å². The molecule has 11 heavy (non-hydrogen) atoms. The Morgan fingerprint density at radius 3 is 2.73 bits per heavy atom. The lowest BCUT2D eigenvalue weighted by Gasteiger charge is -2.24. The summed E-state index contributed by atoms with van der Waals surface area (Å²) in [6.07, 6.45) is 4.19. The number of hydrogen-bond acceptors (Lipinski definition) is 4. The van der Waals surface area contributed by atoms with Gasteiger partial charge in [-0.25, -0.2) is 4.79 Å². The van der Waals surface area contributed by atoms with E-state index >= 15 is 0 Å². The van der Waals surface area contributed by atoms with Gasteiger partial charge in [0, 0.05) is 11.9 Å². The van der Waals surface area contributed by atoms with Crippen LogP contribution in [0.4, 0.5) is 0 Å². The van der Waals surface area contributed by atoms with Crippen LogP contribution >= 0.6 is 0 Å². The maximum Gasteiger partial charge on any atom is 0.348 e. The van der Waals surface area contributed by atoms with E-state index in [-0.39, 0.29) is 0 Å². The van der Waals surface area contributed by atoms with Gasteiger partial charge in [0.05, 0.1) is 0 Å². The van der Waals surface area contributed by atoms with Crippen molar-refractivity contribution in [2.75, 3.05) is 0 Å². The molecule has 0 aromatic carbocycles. The van der Waals surface area contributed by atoms with Crippen molar-refractivity contribution >= 4 is 5.97 Å². The number of rotatable bonds is 1. The molecule has 5 nitrogen and oxygen atoms in total. The molecule has 0 spiro atoms. The molecule has 1 heterocycles. The Morgan fingerprint density at radius 2 is 2.36 bits per heavy atom. The van der Waals surface area contributed by atoms with Crippen molar-refractivity contribution in [1.82, 2.24) is 5.32 Å². The van der Waals surface area contributed by atoms with Gasteiger partial charge >= 0.3 is 5.97 Å². The van der Waals surface area contributed by atoms with E-state index in [1.807, 2.05) is 0 Å². The summed E-state index contributed by atoms with van der Waals surface area (Å²) >= 11 is 0. The van der Waals surface area contributed by atoms with E-state index < -0.39 is 11.6 Å². The van der Waals surface area contributed by atoms with E-state index in [9.17, 15) is 4.79 Å². The number of carbonyl (C=O) groups is 1. The van der Waals surface area contributed by atoms with Gasteiger partial charge in [-0.3, -0.25) is 5.73 Å². The van der Waals surface area contributed by atoms with E-state index in [0.717, 1.165) is 0 Å². The molecule has 0 aromatic heterocycles. The number of dihydropyridines is 1. The molecule has 60 valence electrons. The second-order valence-corrected chi connectivity index (χ2v) is 2.30. The third-order valence-corrected chi connectivity index (χ3v) is 1.35. The van der Waals surface area contributed by atoms with Crippen molar-refractivity contribution in [3.05, 3.63) is 24.0 Å². The molecule has 6 N–H and O–H groups in total. The van der Waals surface area contributed by atoms with Gasteiger partial charge in [-0.05, 0) is 12.2 Å². The van der Waals surface area contributed by atoms with E-state index in [4.69, 9.17) is 16.6 Å². The molecule has 1 aliphatic heterocycles. The number of aliphatic carboxylic acids is 1. The minimum absolute atomic E-state index is 0.341. The van der Waals surface area contributed by atoms with Gasteiger partial charge in [0.15, 0.2) is 0 Å². The Morgan fingerprint density at radius 1 is 1.73 bits per heavy atom. The lowest BCUT2D eigenvalue weighted by Crippen LogP contribution is -2.57. The van der Waals surface area contributed by atoms with Crippen molar-refractivity contribution in [3.63, 3.8) is 0 Å². The van der Waals surface area contributed by atoms with Gasteiger partial charge in [-0.1, -0.05) is 0 Å². The fourth-order valence-electron chi connectivity index (χ4n) is 0.752. The van der Waals surface area contributed by atoms with Crippen molar-refractivity contribution in [2.45, 2.75) is 5.66 Å². The Balaban J connectivity index is 2.92. The molecule has 1 unspecified atom stereocenters. The van der Waals surface area contributed by atoms with Crippen molar-refractivity contribution in [3.8, 4) is 0 Å². The summed E-state index contributed by atoms with van der Waals surface area (Å²) in [5.41, 5.74) is 9.50. The van der Waals surface area contributed by atoms with Crippen LogP contribution in [0.3, 0.4) is 0 Å². The van der Waals surface area contributed by atoms with Crippen LogP contribution < -0.4 is 16.8 Å². The average Bonchev–Trinajstić information content (AvgIpc) is 1.86. The third-order valence-electron chi connectivity index (χ3n) is 1.35. The molecule has 0 aliphatic carbocycles. The van der Waals surface area contributed by atoms with Crippen LogP contribution in [-0.2, 0) is 4.79 Å². The zero-order chi connectivity index (χ0) is 8.48. The molecule has 1 rings (SSSR count). The van der Waals surface area contributed by atoms with E-state index in [1.165, 1.54) is 18.4 Å². The average molecular weight is 155 g/mol. The molecule has 0 bridgehead atoms. The monoisotopic (exact) mass is 155 g/mol. The number of nitrogens with one attached hydrogen (secondary N) is 1. The normalized spacial score (nSPS) is 29.0. The molecule has 1 atom stereocenters. The highest BCUT2D eigenvalue weighted by atomic mass is 16.4. The lowest BCUT2D eigenvalue weighted by atomic mass is 10.1.